The number of hydrogen-bond donors (Lipinski definition) is 1. The zero-order valence-electron chi connectivity index (χ0n) is 13.4. The number of hydrogen-bond acceptors (Lipinski definition) is 2. The van der Waals surface area contributed by atoms with Crippen LogP contribution >= 0.6 is 0 Å². The fourth-order valence-electron chi connectivity index (χ4n) is 2.39. The summed E-state index contributed by atoms with van der Waals surface area (Å²) >= 11 is 0. The van der Waals surface area contributed by atoms with Gasteiger partial charge in [-0.1, -0.05) is 51.2 Å². The summed E-state index contributed by atoms with van der Waals surface area (Å²) in [7, 11) is 0. The summed E-state index contributed by atoms with van der Waals surface area (Å²) in [5, 5.41) is 8.53. The smallest absolute Gasteiger partial charge is 0.303 e. The number of rotatable bonds is 13. The molecular weight excluding hydrogens is 264 g/mol. The molecule has 3 heteroatoms. The maximum Gasteiger partial charge on any atom is 0.303 e. The predicted octanol–water partition coefficient (Wildman–Crippen LogP) is 5.22. The van der Waals surface area contributed by atoms with E-state index in [9.17, 15) is 4.79 Å². The molecule has 120 valence electrons. The van der Waals surface area contributed by atoms with Crippen LogP contribution in [-0.4, -0.2) is 17.2 Å². The molecule has 1 aliphatic heterocycles. The monoisotopic (exact) mass is 294 g/mol. The minimum atomic E-state index is -0.682. The van der Waals surface area contributed by atoms with Crippen LogP contribution in [-0.2, 0) is 9.53 Å². The second-order valence-corrected chi connectivity index (χ2v) is 5.80. The number of carboxylic acid groups (broad SMARTS) is 1. The summed E-state index contributed by atoms with van der Waals surface area (Å²) in [6, 6.07) is 0. The Balaban J connectivity index is 1.90. The molecule has 1 rings (SSSR count). The molecule has 0 aromatic carbocycles. The highest BCUT2D eigenvalue weighted by atomic mass is 16.6. The van der Waals surface area contributed by atoms with E-state index in [2.05, 4.69) is 25.2 Å². The fraction of sp³-hybridized carbons (Fsp3) is 0.722. The first-order valence-corrected chi connectivity index (χ1v) is 8.49. The minimum Gasteiger partial charge on any atom is -0.483 e. The van der Waals surface area contributed by atoms with Crippen molar-refractivity contribution in [3.05, 3.63) is 24.0 Å². The molecule has 21 heavy (non-hydrogen) atoms. The van der Waals surface area contributed by atoms with Crippen molar-refractivity contribution in [2.75, 3.05) is 0 Å². The van der Waals surface area contributed by atoms with Crippen LogP contribution in [0.25, 0.3) is 0 Å². The van der Waals surface area contributed by atoms with E-state index in [1.807, 2.05) is 0 Å². The molecular formula is C18H30O3. The maximum absolute atomic E-state index is 10.4. The third-order valence-electron chi connectivity index (χ3n) is 3.77. The topological polar surface area (TPSA) is 49.8 Å². The van der Waals surface area contributed by atoms with Crippen LogP contribution in [0.2, 0.25) is 0 Å². The normalized spacial score (nSPS) is 19.1. The lowest BCUT2D eigenvalue weighted by atomic mass is 10.1. The van der Waals surface area contributed by atoms with Gasteiger partial charge in [0.15, 0.2) is 6.10 Å². The van der Waals surface area contributed by atoms with Crippen molar-refractivity contribution < 1.29 is 14.6 Å². The van der Waals surface area contributed by atoms with Gasteiger partial charge in [0.05, 0.1) is 0 Å². The van der Waals surface area contributed by atoms with Crippen LogP contribution in [0.4, 0.5) is 0 Å². The van der Waals surface area contributed by atoms with Gasteiger partial charge < -0.3 is 9.84 Å². The van der Waals surface area contributed by atoms with Crippen molar-refractivity contribution in [3.63, 3.8) is 0 Å². The number of unbranched alkanes of at least 4 members (excludes halogenated alkanes) is 7. The Morgan fingerprint density at radius 3 is 2.67 bits per heavy atom. The first-order valence-electron chi connectivity index (χ1n) is 8.49. The van der Waals surface area contributed by atoms with Gasteiger partial charge in [-0.3, -0.25) is 4.79 Å². The number of allylic oxidation sites excluding steroid dienone is 3. The highest BCUT2D eigenvalue weighted by Gasteiger charge is 2.30. The molecule has 0 aromatic rings. The van der Waals surface area contributed by atoms with E-state index in [-0.39, 0.29) is 0 Å². The van der Waals surface area contributed by atoms with E-state index in [4.69, 9.17) is 9.84 Å². The lowest BCUT2D eigenvalue weighted by Crippen LogP contribution is -1.93. The summed E-state index contributed by atoms with van der Waals surface area (Å²) in [5.74, 6) is 0.450. The van der Waals surface area contributed by atoms with Crippen LogP contribution in [0, 0.1) is 0 Å². The van der Waals surface area contributed by atoms with Crippen molar-refractivity contribution in [1.82, 2.24) is 0 Å². The third kappa shape index (κ3) is 10.2. The third-order valence-corrected chi connectivity index (χ3v) is 3.77. The second kappa shape index (κ2) is 11.4. The molecule has 1 fully saturated rings. The molecule has 1 aliphatic rings. The van der Waals surface area contributed by atoms with Crippen molar-refractivity contribution >= 4 is 5.97 Å². The number of ether oxygens (including phenoxy) is 1. The van der Waals surface area contributed by atoms with Crippen molar-refractivity contribution in [2.45, 2.75) is 83.7 Å². The molecule has 3 nitrogen and oxygen atoms in total. The lowest BCUT2D eigenvalue weighted by molar-refractivity contribution is -0.137. The van der Waals surface area contributed by atoms with Gasteiger partial charge in [-0.2, -0.15) is 0 Å². The van der Waals surface area contributed by atoms with Gasteiger partial charge in [-0.15, -0.1) is 0 Å². The Bertz CT molecular complexity index is 344. The zero-order chi connectivity index (χ0) is 15.3. The molecule has 0 aromatic heterocycles. The molecule has 0 aliphatic carbocycles. The van der Waals surface area contributed by atoms with Gasteiger partial charge in [0.25, 0.3) is 0 Å². The highest BCUT2D eigenvalue weighted by molar-refractivity contribution is 5.66. The molecule has 1 heterocycles. The fourth-order valence-corrected chi connectivity index (χ4v) is 2.39. The standard InChI is InChI=1S/C18H30O3/c1-2-3-4-5-7-10-13-16-17(21-16)14-11-8-6-9-12-15-18(19)20/h7,10,13,17H,2-6,8-9,11-12,14-15H2,1H3,(H,19,20)/t17-/m0/s1. The van der Waals surface area contributed by atoms with Crippen LogP contribution < -0.4 is 0 Å². The predicted molar refractivity (Wildman–Crippen MR) is 86.2 cm³/mol. The van der Waals surface area contributed by atoms with Crippen LogP contribution in [0.15, 0.2) is 24.0 Å². The number of carboxylic acids is 1. The first kappa shape index (κ1) is 17.8. The van der Waals surface area contributed by atoms with Gasteiger partial charge in [-0.05, 0) is 38.2 Å². The van der Waals surface area contributed by atoms with Crippen molar-refractivity contribution in [2.24, 2.45) is 0 Å². The van der Waals surface area contributed by atoms with Crippen molar-refractivity contribution in [3.8, 4) is 0 Å². The number of carbonyl (C=O) groups is 1. The Labute approximate surface area is 129 Å². The van der Waals surface area contributed by atoms with Gasteiger partial charge in [0.2, 0.25) is 0 Å². The van der Waals surface area contributed by atoms with E-state index >= 15 is 0 Å². The van der Waals surface area contributed by atoms with Gasteiger partial charge in [-0.25, -0.2) is 0 Å². The van der Waals surface area contributed by atoms with Crippen LogP contribution in [0.1, 0.15) is 77.6 Å². The number of aliphatic carboxylic acids is 1. The molecule has 0 saturated carbocycles. The first-order chi connectivity index (χ1) is 10.2. The summed E-state index contributed by atoms with van der Waals surface area (Å²) in [4.78, 5) is 10.4. The quantitative estimate of drug-likeness (QED) is 0.374. The molecule has 1 saturated heterocycles. The van der Waals surface area contributed by atoms with Gasteiger partial charge in [0.1, 0.15) is 5.76 Å². The lowest BCUT2D eigenvalue weighted by Gasteiger charge is -1.98. The second-order valence-electron chi connectivity index (χ2n) is 5.80. The molecule has 1 atom stereocenters. The highest BCUT2D eigenvalue weighted by Crippen LogP contribution is 2.31. The SMILES string of the molecule is CCCCCC=CC=C1O[C@H]1CCCCCCCC(=O)O. The summed E-state index contributed by atoms with van der Waals surface area (Å²) in [6.45, 7) is 2.22. The Kier molecular flexibility index (Phi) is 9.68. The Hall–Kier alpha value is -1.25. The zero-order valence-corrected chi connectivity index (χ0v) is 13.4. The van der Waals surface area contributed by atoms with Gasteiger partial charge >= 0.3 is 5.97 Å². The Morgan fingerprint density at radius 2 is 1.90 bits per heavy atom. The average molecular weight is 294 g/mol. The average Bonchev–Trinajstić information content (AvgIpc) is 3.20. The maximum atomic E-state index is 10.4. The van der Waals surface area contributed by atoms with E-state index in [1.165, 1.54) is 38.5 Å². The molecule has 0 spiro atoms. The molecule has 0 amide bonds. The molecule has 0 bridgehead atoms. The molecule has 0 unspecified atom stereocenters. The van der Waals surface area contributed by atoms with E-state index in [0.717, 1.165) is 31.4 Å². The van der Waals surface area contributed by atoms with Crippen molar-refractivity contribution in [1.29, 1.82) is 0 Å². The van der Waals surface area contributed by atoms with E-state index in [0.29, 0.717) is 12.5 Å². The largest absolute Gasteiger partial charge is 0.483 e. The van der Waals surface area contributed by atoms with E-state index in [1.54, 1.807) is 0 Å². The van der Waals surface area contributed by atoms with E-state index < -0.39 is 5.97 Å². The Morgan fingerprint density at radius 1 is 1.14 bits per heavy atom. The summed E-state index contributed by atoms with van der Waals surface area (Å²) in [6.07, 6.45) is 18.6. The van der Waals surface area contributed by atoms with Crippen LogP contribution in [0.3, 0.4) is 0 Å². The summed E-state index contributed by atoms with van der Waals surface area (Å²) in [5.41, 5.74) is 0. The molecule has 1 N–H and O–H groups in total. The minimum absolute atomic E-state index is 0.309. The number of epoxide rings is 1. The molecule has 0 radical (unpaired) electrons. The van der Waals surface area contributed by atoms with Crippen LogP contribution in [0.5, 0.6) is 0 Å². The summed E-state index contributed by atoms with van der Waals surface area (Å²) < 4.78 is 5.54. The van der Waals surface area contributed by atoms with Gasteiger partial charge in [0, 0.05) is 6.42 Å².